The average molecular weight is 952 g/mol. The first kappa shape index (κ1) is 57.5. The Morgan fingerprint density at radius 2 is 0.725 bits per heavy atom. The summed E-state index contributed by atoms with van der Waals surface area (Å²) < 4.78 is 0. The number of hydrogen-bond donors (Lipinski definition) is 0. The third-order valence-electron chi connectivity index (χ3n) is 21.5. The fourth-order valence-electron chi connectivity index (χ4n) is 15.8. The van der Waals surface area contributed by atoms with Crippen molar-refractivity contribution in [3.63, 3.8) is 0 Å². The molecule has 13 fully saturated rings. The van der Waals surface area contributed by atoms with Gasteiger partial charge in [0.25, 0.3) is 0 Å². The Hall–Kier alpha value is -0.780. The van der Waals surface area contributed by atoms with Crippen molar-refractivity contribution < 1.29 is 0 Å². The van der Waals surface area contributed by atoms with Crippen LogP contribution in [0.4, 0.5) is 0 Å². The van der Waals surface area contributed by atoms with Crippen molar-refractivity contribution >= 4 is 0 Å². The Balaban J connectivity index is 0.000000127. The smallest absolute Gasteiger partial charge is 0.0184 e. The first-order valence-electron chi connectivity index (χ1n) is 32.8. The Morgan fingerprint density at radius 1 is 0.348 bits per heavy atom. The van der Waals surface area contributed by atoms with Gasteiger partial charge in [0.15, 0.2) is 0 Å². The summed E-state index contributed by atoms with van der Waals surface area (Å²) in [6, 6.07) is 8.78. The van der Waals surface area contributed by atoms with Gasteiger partial charge in [-0.05, 0) is 151 Å². The van der Waals surface area contributed by atoms with Gasteiger partial charge >= 0.3 is 0 Å². The fourth-order valence-corrected chi connectivity index (χ4v) is 15.8. The summed E-state index contributed by atoms with van der Waals surface area (Å²) in [6.45, 7) is 16.2. The van der Waals surface area contributed by atoms with E-state index in [9.17, 15) is 0 Å². The van der Waals surface area contributed by atoms with Gasteiger partial charge in [-0.1, -0.05) is 285 Å². The van der Waals surface area contributed by atoms with E-state index in [0.717, 1.165) is 65.1 Å². The molecule has 0 heteroatoms. The van der Waals surface area contributed by atoms with Crippen molar-refractivity contribution in [2.45, 2.75) is 318 Å². The van der Waals surface area contributed by atoms with Crippen molar-refractivity contribution in [2.24, 2.45) is 82.9 Å². The SMILES string of the molecule is C1C2CC3C1C23.C1CC2CCC(C1)C2.C1CC2CCCC(C1)C2.C1CCCCC1.CC1CC(C)C1.CC1CCCC1.CC1CCCC1.CC1CCc2ccccc21.CCC1CCC1.CCC1CCC1. The van der Waals surface area contributed by atoms with Crippen LogP contribution >= 0.6 is 0 Å². The molecule has 69 heavy (non-hydrogen) atoms. The minimum Gasteiger partial charge on any atom is -0.0651 e. The molecule has 0 spiro atoms. The van der Waals surface area contributed by atoms with Crippen LogP contribution in [0, 0.1) is 82.9 Å². The Bertz CT molecular complexity index is 1290. The van der Waals surface area contributed by atoms with Crippen LogP contribution in [0.3, 0.4) is 0 Å². The minimum atomic E-state index is 0.802. The number of benzene rings is 1. The maximum absolute atomic E-state index is 2.34. The van der Waals surface area contributed by atoms with Crippen LogP contribution in [-0.4, -0.2) is 0 Å². The monoisotopic (exact) mass is 951 g/mol. The molecular formula is C69H122. The molecule has 0 N–H and O–H groups in total. The van der Waals surface area contributed by atoms with Gasteiger partial charge in [0.05, 0.1) is 0 Å². The maximum atomic E-state index is 2.34. The van der Waals surface area contributed by atoms with Gasteiger partial charge in [-0.2, -0.15) is 0 Å². The third-order valence-corrected chi connectivity index (χ3v) is 21.5. The van der Waals surface area contributed by atoms with Crippen molar-refractivity contribution in [3.8, 4) is 0 Å². The first-order valence-corrected chi connectivity index (χ1v) is 32.8. The molecule has 14 aliphatic carbocycles. The lowest BCUT2D eigenvalue weighted by Gasteiger charge is -2.33. The molecule has 0 aliphatic heterocycles. The molecule has 0 saturated heterocycles. The van der Waals surface area contributed by atoms with Gasteiger partial charge in [-0.25, -0.2) is 0 Å². The highest BCUT2D eigenvalue weighted by Gasteiger charge is 2.71. The molecule has 398 valence electrons. The zero-order valence-electron chi connectivity index (χ0n) is 48.0. The van der Waals surface area contributed by atoms with E-state index >= 15 is 0 Å². The largest absolute Gasteiger partial charge is 0.0651 e. The van der Waals surface area contributed by atoms with Gasteiger partial charge in [0.2, 0.25) is 0 Å². The summed E-state index contributed by atoms with van der Waals surface area (Å²) in [5.74, 6) is 16.9. The number of fused-ring (bicyclic) bond motifs is 6. The summed E-state index contributed by atoms with van der Waals surface area (Å²) in [4.78, 5) is 0. The standard InChI is InChI=1S/C10H12.C9H16.C8H14.C6H8.6C6H12/c1-8-6-7-9-4-2-3-5-10(8)9;1-3-8-5-2-6-9(4-1)7-8;1-2-7-4-5-8(3-1)6-7;1-3-2-5-4(1)6(3)5;1-5-3-6(2)4-5;2*1-6-4-2-3-5-6;2*1-2-6-4-3-5-6;1-2-4-6-5-3-1/h2-5,8H,6-7H2,1H3;8-9H,1-7H2;7-8H,1-6H2;3-6H,1-2H2;5-6H,3-4H2,1-2H3;4*6H,2-5H2,1H3;1-6H2. The highest BCUT2D eigenvalue weighted by atomic mass is 14.8. The highest BCUT2D eigenvalue weighted by molar-refractivity contribution is 5.34. The molecule has 5 atom stereocenters. The fraction of sp³-hybridized carbons (Fsp3) is 0.913. The number of hydrogen-bond acceptors (Lipinski definition) is 0. The van der Waals surface area contributed by atoms with Crippen molar-refractivity contribution in [2.75, 3.05) is 0 Å². The van der Waals surface area contributed by atoms with E-state index in [0.29, 0.717) is 0 Å². The van der Waals surface area contributed by atoms with Crippen molar-refractivity contribution in [1.29, 1.82) is 0 Å². The third kappa shape index (κ3) is 21.2. The Labute approximate surface area is 433 Å². The quantitative estimate of drug-likeness (QED) is 0.277. The second-order valence-corrected chi connectivity index (χ2v) is 27.6. The molecule has 0 radical (unpaired) electrons. The summed E-state index contributed by atoms with van der Waals surface area (Å²) in [6.07, 6.45) is 61.8. The second-order valence-electron chi connectivity index (χ2n) is 27.6. The summed E-state index contributed by atoms with van der Waals surface area (Å²) in [7, 11) is 0. The lowest BCUT2D eigenvalue weighted by atomic mass is 9.72. The Kier molecular flexibility index (Phi) is 27.1. The van der Waals surface area contributed by atoms with Gasteiger partial charge < -0.3 is 0 Å². The molecule has 1 aromatic carbocycles. The molecule has 4 bridgehead atoms. The lowest BCUT2D eigenvalue weighted by Crippen LogP contribution is -2.20. The van der Waals surface area contributed by atoms with E-state index in [2.05, 4.69) is 72.7 Å². The van der Waals surface area contributed by atoms with E-state index in [1.54, 1.807) is 88.2 Å². The molecule has 0 nitrogen and oxygen atoms in total. The summed E-state index contributed by atoms with van der Waals surface area (Å²) >= 11 is 0. The predicted molar refractivity (Wildman–Crippen MR) is 306 cm³/mol. The predicted octanol–water partition coefficient (Wildman–Crippen LogP) is 22.8. The van der Waals surface area contributed by atoms with Gasteiger partial charge in [0.1, 0.15) is 0 Å². The van der Waals surface area contributed by atoms with E-state index < -0.39 is 0 Å². The first-order chi connectivity index (χ1) is 33.7. The van der Waals surface area contributed by atoms with E-state index in [-0.39, 0.29) is 0 Å². The normalized spacial score (nSPS) is 35.6. The molecule has 1 aromatic rings. The van der Waals surface area contributed by atoms with E-state index in [4.69, 9.17) is 0 Å². The molecule has 13 saturated carbocycles. The summed E-state index contributed by atoms with van der Waals surface area (Å²) in [5.41, 5.74) is 3.14. The Morgan fingerprint density at radius 3 is 0.942 bits per heavy atom. The number of aryl methyl sites for hydroxylation is 1. The molecular weight excluding hydrogens is 829 g/mol. The zero-order chi connectivity index (χ0) is 48.6. The second kappa shape index (κ2) is 32.5. The van der Waals surface area contributed by atoms with E-state index in [1.807, 2.05) is 0 Å². The lowest BCUT2D eigenvalue weighted by molar-refractivity contribution is 0.190. The van der Waals surface area contributed by atoms with Gasteiger partial charge in [-0.3, -0.25) is 0 Å². The van der Waals surface area contributed by atoms with Crippen LogP contribution in [0.15, 0.2) is 24.3 Å². The van der Waals surface area contributed by atoms with Crippen LogP contribution in [-0.2, 0) is 6.42 Å². The summed E-state index contributed by atoms with van der Waals surface area (Å²) in [5, 5.41) is 0. The van der Waals surface area contributed by atoms with E-state index in [1.165, 1.54) is 210 Å². The molecule has 14 aliphatic rings. The number of rotatable bonds is 2. The molecule has 5 unspecified atom stereocenters. The minimum absolute atomic E-state index is 0.802. The molecule has 0 amide bonds. The van der Waals surface area contributed by atoms with Crippen LogP contribution in [0.2, 0.25) is 0 Å². The topological polar surface area (TPSA) is 0 Å². The van der Waals surface area contributed by atoms with Crippen molar-refractivity contribution in [3.05, 3.63) is 35.4 Å². The molecule has 0 aromatic heterocycles. The van der Waals surface area contributed by atoms with Crippen LogP contribution in [0.5, 0.6) is 0 Å². The highest BCUT2D eigenvalue weighted by Crippen LogP contribution is 2.77. The van der Waals surface area contributed by atoms with Gasteiger partial charge in [0, 0.05) is 0 Å². The van der Waals surface area contributed by atoms with Crippen LogP contribution in [0.1, 0.15) is 322 Å². The maximum Gasteiger partial charge on any atom is -0.0184 e. The molecule has 15 rings (SSSR count). The van der Waals surface area contributed by atoms with Crippen LogP contribution in [0.25, 0.3) is 0 Å². The zero-order valence-corrected chi connectivity index (χ0v) is 48.0. The van der Waals surface area contributed by atoms with Crippen molar-refractivity contribution in [1.82, 2.24) is 0 Å². The molecule has 0 heterocycles. The average Bonchev–Trinajstić information content (AvgIpc) is 4.13. The van der Waals surface area contributed by atoms with Crippen LogP contribution < -0.4 is 0 Å². The van der Waals surface area contributed by atoms with Gasteiger partial charge in [-0.15, -0.1) is 0 Å².